The molecular weight excluding hydrogens is 298 g/mol. The molecular formula is C20H23N3O. The summed E-state index contributed by atoms with van der Waals surface area (Å²) in [6, 6.07) is 6.64. The highest BCUT2D eigenvalue weighted by Gasteiger charge is 2.27. The number of amides is 1. The second kappa shape index (κ2) is 6.16. The molecule has 1 aliphatic rings. The molecule has 0 bridgehead atoms. The fraction of sp³-hybridized carbons (Fsp3) is 0.400. The molecule has 1 aromatic heterocycles. The van der Waals surface area contributed by atoms with E-state index < -0.39 is 0 Å². The van der Waals surface area contributed by atoms with Crippen molar-refractivity contribution in [3.63, 3.8) is 0 Å². The normalized spacial score (nSPS) is 13.3. The molecule has 1 heterocycles. The Labute approximate surface area is 143 Å². The minimum Gasteiger partial charge on any atom is -0.311 e. The van der Waals surface area contributed by atoms with Gasteiger partial charge in [-0.25, -0.2) is 0 Å². The molecule has 0 atom stereocenters. The van der Waals surface area contributed by atoms with Gasteiger partial charge in [-0.15, -0.1) is 0 Å². The lowest BCUT2D eigenvalue weighted by Gasteiger charge is -2.21. The van der Waals surface area contributed by atoms with E-state index in [1.165, 1.54) is 18.2 Å². The molecule has 1 N–H and O–H groups in total. The Balaban J connectivity index is 2.37. The van der Waals surface area contributed by atoms with Crippen molar-refractivity contribution in [1.82, 2.24) is 4.57 Å². The molecule has 0 saturated carbocycles. The number of fused-ring (bicyclic) bond motifs is 1. The molecule has 2 aromatic rings. The lowest BCUT2D eigenvalue weighted by Crippen LogP contribution is -2.15. The van der Waals surface area contributed by atoms with Gasteiger partial charge < -0.3 is 5.32 Å². The van der Waals surface area contributed by atoms with Crippen LogP contribution in [0.5, 0.6) is 0 Å². The van der Waals surface area contributed by atoms with Crippen LogP contribution in [0.1, 0.15) is 53.3 Å². The summed E-state index contributed by atoms with van der Waals surface area (Å²) >= 11 is 0. The van der Waals surface area contributed by atoms with Gasteiger partial charge in [0.2, 0.25) is 5.91 Å². The van der Waals surface area contributed by atoms with E-state index in [0.717, 1.165) is 48.1 Å². The maximum absolute atomic E-state index is 11.8. The van der Waals surface area contributed by atoms with Gasteiger partial charge in [-0.1, -0.05) is 17.7 Å². The van der Waals surface area contributed by atoms with E-state index in [1.807, 2.05) is 0 Å². The van der Waals surface area contributed by atoms with E-state index >= 15 is 0 Å². The third kappa shape index (κ3) is 2.60. The first-order valence-electron chi connectivity index (χ1n) is 8.46. The van der Waals surface area contributed by atoms with Gasteiger partial charge in [-0.3, -0.25) is 9.36 Å². The summed E-state index contributed by atoms with van der Waals surface area (Å²) in [6.07, 6.45) is 4.06. The predicted molar refractivity (Wildman–Crippen MR) is 95.6 cm³/mol. The van der Waals surface area contributed by atoms with E-state index in [0.29, 0.717) is 11.4 Å². The zero-order chi connectivity index (χ0) is 17.4. The van der Waals surface area contributed by atoms with Crippen LogP contribution in [0.2, 0.25) is 0 Å². The summed E-state index contributed by atoms with van der Waals surface area (Å²) < 4.78 is 2.12. The van der Waals surface area contributed by atoms with E-state index in [1.54, 1.807) is 0 Å². The van der Waals surface area contributed by atoms with Gasteiger partial charge in [0.1, 0.15) is 11.9 Å². The minimum absolute atomic E-state index is 0.148. The van der Waals surface area contributed by atoms with Crippen LogP contribution in [0.15, 0.2) is 12.1 Å². The minimum atomic E-state index is -0.148. The third-order valence-corrected chi connectivity index (χ3v) is 4.74. The molecule has 1 amide bonds. The van der Waals surface area contributed by atoms with Gasteiger partial charge in [-0.05, 0) is 63.1 Å². The van der Waals surface area contributed by atoms with Crippen molar-refractivity contribution >= 4 is 11.7 Å². The Morgan fingerprint density at radius 2 is 1.79 bits per heavy atom. The number of aryl methyl sites for hydroxylation is 3. The molecule has 1 aliphatic carbocycles. The summed E-state index contributed by atoms with van der Waals surface area (Å²) in [5.74, 6) is 0.483. The quantitative estimate of drug-likeness (QED) is 0.905. The van der Waals surface area contributed by atoms with Crippen LogP contribution in [0, 0.1) is 32.1 Å². The molecule has 24 heavy (non-hydrogen) atoms. The number of aromatic nitrogens is 1. The molecule has 4 heteroatoms. The van der Waals surface area contributed by atoms with Gasteiger partial charge in [-0.2, -0.15) is 5.26 Å². The van der Waals surface area contributed by atoms with Gasteiger partial charge >= 0.3 is 0 Å². The number of carbonyl (C=O) groups is 1. The van der Waals surface area contributed by atoms with E-state index in [9.17, 15) is 10.1 Å². The largest absolute Gasteiger partial charge is 0.311 e. The highest BCUT2D eigenvalue weighted by atomic mass is 16.1. The van der Waals surface area contributed by atoms with Crippen LogP contribution in [-0.4, -0.2) is 10.5 Å². The zero-order valence-electron chi connectivity index (χ0n) is 14.8. The lowest BCUT2D eigenvalue weighted by molar-refractivity contribution is -0.114. The second-order valence-corrected chi connectivity index (χ2v) is 6.73. The Morgan fingerprint density at radius 1 is 1.17 bits per heavy atom. The van der Waals surface area contributed by atoms with E-state index in [2.05, 4.69) is 48.9 Å². The SMILES string of the molecule is CC(=O)Nc1c(C#N)c2c(n1-c1c(C)cc(C)cc1C)CCCC2. The zero-order valence-corrected chi connectivity index (χ0v) is 14.8. The summed E-state index contributed by atoms with van der Waals surface area (Å²) in [5, 5.41) is 12.6. The highest BCUT2D eigenvalue weighted by molar-refractivity contribution is 5.90. The number of nitrogens with one attached hydrogen (secondary N) is 1. The van der Waals surface area contributed by atoms with Crippen molar-refractivity contribution in [3.05, 3.63) is 45.6 Å². The van der Waals surface area contributed by atoms with E-state index in [-0.39, 0.29) is 5.91 Å². The number of nitrogens with zero attached hydrogens (tertiary/aromatic N) is 2. The molecule has 0 aliphatic heterocycles. The highest BCUT2D eigenvalue weighted by Crippen LogP contribution is 2.37. The van der Waals surface area contributed by atoms with Crippen molar-refractivity contribution in [2.45, 2.75) is 53.4 Å². The topological polar surface area (TPSA) is 57.8 Å². The van der Waals surface area contributed by atoms with Crippen molar-refractivity contribution in [2.75, 3.05) is 5.32 Å². The van der Waals surface area contributed by atoms with Crippen LogP contribution in [0.25, 0.3) is 5.69 Å². The summed E-state index contributed by atoms with van der Waals surface area (Å²) in [4.78, 5) is 11.8. The summed E-state index contributed by atoms with van der Waals surface area (Å²) in [6.45, 7) is 7.76. The van der Waals surface area contributed by atoms with Crippen LogP contribution in [-0.2, 0) is 17.6 Å². The molecule has 0 saturated heterocycles. The summed E-state index contributed by atoms with van der Waals surface area (Å²) in [5.41, 5.74) is 7.53. The first-order valence-corrected chi connectivity index (χ1v) is 8.46. The average molecular weight is 321 g/mol. The molecule has 124 valence electrons. The van der Waals surface area contributed by atoms with Crippen LogP contribution in [0.4, 0.5) is 5.82 Å². The number of carbonyl (C=O) groups excluding carboxylic acids is 1. The average Bonchev–Trinajstić information content (AvgIpc) is 2.79. The number of hydrogen-bond donors (Lipinski definition) is 1. The number of nitriles is 1. The fourth-order valence-corrected chi connectivity index (χ4v) is 3.97. The third-order valence-electron chi connectivity index (χ3n) is 4.74. The first kappa shape index (κ1) is 16.3. The predicted octanol–water partition coefficient (Wildman–Crippen LogP) is 4.11. The molecule has 0 unspecified atom stereocenters. The first-order chi connectivity index (χ1) is 11.4. The lowest BCUT2D eigenvalue weighted by atomic mass is 9.95. The molecule has 0 radical (unpaired) electrons. The maximum Gasteiger partial charge on any atom is 0.222 e. The monoisotopic (exact) mass is 321 g/mol. The van der Waals surface area contributed by atoms with Crippen LogP contribution in [0.3, 0.4) is 0 Å². The van der Waals surface area contributed by atoms with Gasteiger partial charge in [0.25, 0.3) is 0 Å². The van der Waals surface area contributed by atoms with Gasteiger partial charge in [0.15, 0.2) is 0 Å². The van der Waals surface area contributed by atoms with Crippen molar-refractivity contribution in [3.8, 4) is 11.8 Å². The van der Waals surface area contributed by atoms with Crippen molar-refractivity contribution < 1.29 is 4.79 Å². The Hall–Kier alpha value is -2.54. The van der Waals surface area contributed by atoms with Gasteiger partial charge in [0.05, 0.1) is 11.3 Å². The van der Waals surface area contributed by atoms with Crippen molar-refractivity contribution in [1.29, 1.82) is 5.26 Å². The Morgan fingerprint density at radius 3 is 2.38 bits per heavy atom. The smallest absolute Gasteiger partial charge is 0.222 e. The Kier molecular flexibility index (Phi) is 4.19. The standard InChI is InChI=1S/C20H23N3O/c1-12-9-13(2)19(14(3)10-12)23-18-8-6-5-7-16(18)17(11-21)20(23)22-15(4)24/h9-10H,5-8H2,1-4H3,(H,22,24). The molecule has 1 aromatic carbocycles. The number of rotatable bonds is 2. The molecule has 3 rings (SSSR count). The Bertz CT molecular complexity index is 845. The van der Waals surface area contributed by atoms with Gasteiger partial charge in [0, 0.05) is 12.6 Å². The van der Waals surface area contributed by atoms with Crippen LogP contribution < -0.4 is 5.32 Å². The summed E-state index contributed by atoms with van der Waals surface area (Å²) in [7, 11) is 0. The van der Waals surface area contributed by atoms with Crippen LogP contribution >= 0.6 is 0 Å². The number of hydrogen-bond acceptors (Lipinski definition) is 2. The maximum atomic E-state index is 11.8. The molecule has 0 fully saturated rings. The molecule has 0 spiro atoms. The molecule has 4 nitrogen and oxygen atoms in total. The second-order valence-electron chi connectivity index (χ2n) is 6.73. The van der Waals surface area contributed by atoms with E-state index in [4.69, 9.17) is 0 Å². The van der Waals surface area contributed by atoms with Crippen molar-refractivity contribution in [2.24, 2.45) is 0 Å². The fourth-order valence-electron chi connectivity index (χ4n) is 3.97. The number of benzene rings is 1. The number of anilines is 1.